The maximum Gasteiger partial charge on any atom is 0.164 e. The van der Waals surface area contributed by atoms with Crippen LogP contribution in [0.1, 0.15) is 30.1 Å². The molecule has 0 spiro atoms. The summed E-state index contributed by atoms with van der Waals surface area (Å²) in [5.74, 6) is 2.14. The number of Topliss-reactive ketones (excluding diaryl/α,β-unsaturated/α-hetero) is 1. The van der Waals surface area contributed by atoms with Gasteiger partial charge in [0.25, 0.3) is 0 Å². The van der Waals surface area contributed by atoms with E-state index in [4.69, 9.17) is 4.74 Å². The molecule has 0 bridgehead atoms. The SMILES string of the molecule is CCOc1ccc2c(c1)SCCCC2=O. The standard InChI is InChI=1S/C12H14O2S/c1-2-14-9-5-6-10-11(13)4-3-7-15-12(10)8-9/h5-6,8H,2-4,7H2,1H3. The summed E-state index contributed by atoms with van der Waals surface area (Å²) in [6, 6.07) is 5.75. The Kier molecular flexibility index (Phi) is 3.31. The summed E-state index contributed by atoms with van der Waals surface area (Å²) in [5, 5.41) is 0. The van der Waals surface area contributed by atoms with Crippen molar-refractivity contribution in [2.45, 2.75) is 24.7 Å². The molecular formula is C12H14O2S. The number of ether oxygens (including phenoxy) is 1. The zero-order valence-corrected chi connectivity index (χ0v) is 9.60. The van der Waals surface area contributed by atoms with Crippen molar-refractivity contribution < 1.29 is 9.53 Å². The monoisotopic (exact) mass is 222 g/mol. The molecule has 0 N–H and O–H groups in total. The van der Waals surface area contributed by atoms with E-state index in [1.165, 1.54) is 0 Å². The number of thioether (sulfide) groups is 1. The largest absolute Gasteiger partial charge is 0.494 e. The Morgan fingerprint density at radius 1 is 1.47 bits per heavy atom. The molecule has 0 radical (unpaired) electrons. The van der Waals surface area contributed by atoms with Gasteiger partial charge in [0.1, 0.15) is 5.75 Å². The van der Waals surface area contributed by atoms with Gasteiger partial charge in [0, 0.05) is 16.9 Å². The number of benzene rings is 1. The first-order valence-electron chi connectivity index (χ1n) is 5.24. The fraction of sp³-hybridized carbons (Fsp3) is 0.417. The summed E-state index contributed by atoms with van der Waals surface area (Å²) in [5.41, 5.74) is 0.862. The normalized spacial score (nSPS) is 15.7. The van der Waals surface area contributed by atoms with Crippen LogP contribution in [0, 0.1) is 0 Å². The van der Waals surface area contributed by atoms with E-state index in [0.29, 0.717) is 13.0 Å². The van der Waals surface area contributed by atoms with Crippen molar-refractivity contribution in [3.05, 3.63) is 23.8 Å². The lowest BCUT2D eigenvalue weighted by Gasteiger charge is -2.07. The summed E-state index contributed by atoms with van der Waals surface area (Å²) in [6.45, 7) is 2.63. The van der Waals surface area contributed by atoms with Gasteiger partial charge in [-0.3, -0.25) is 4.79 Å². The summed E-state index contributed by atoms with van der Waals surface area (Å²) in [7, 11) is 0. The Morgan fingerprint density at radius 2 is 2.33 bits per heavy atom. The number of rotatable bonds is 2. The lowest BCUT2D eigenvalue weighted by atomic mass is 10.1. The van der Waals surface area contributed by atoms with Crippen molar-refractivity contribution in [3.8, 4) is 5.75 Å². The third-order valence-electron chi connectivity index (χ3n) is 2.37. The highest BCUT2D eigenvalue weighted by molar-refractivity contribution is 7.99. The third kappa shape index (κ3) is 2.34. The Hall–Kier alpha value is -0.960. The van der Waals surface area contributed by atoms with Crippen LogP contribution >= 0.6 is 11.8 Å². The Bertz CT molecular complexity index is 374. The molecule has 1 aliphatic rings. The van der Waals surface area contributed by atoms with E-state index >= 15 is 0 Å². The first kappa shape index (κ1) is 10.6. The molecule has 1 aromatic carbocycles. The van der Waals surface area contributed by atoms with Crippen LogP contribution < -0.4 is 4.74 Å². The minimum Gasteiger partial charge on any atom is -0.494 e. The lowest BCUT2D eigenvalue weighted by Crippen LogP contribution is -1.99. The highest BCUT2D eigenvalue weighted by Crippen LogP contribution is 2.31. The molecule has 1 aromatic rings. The van der Waals surface area contributed by atoms with Crippen molar-refractivity contribution >= 4 is 17.5 Å². The Morgan fingerprint density at radius 3 is 3.13 bits per heavy atom. The van der Waals surface area contributed by atoms with Gasteiger partial charge in [-0.15, -0.1) is 11.8 Å². The zero-order chi connectivity index (χ0) is 10.7. The van der Waals surface area contributed by atoms with Crippen LogP contribution in [0.4, 0.5) is 0 Å². The summed E-state index contributed by atoms with van der Waals surface area (Å²) in [6.07, 6.45) is 1.65. The van der Waals surface area contributed by atoms with Gasteiger partial charge in [-0.2, -0.15) is 0 Å². The molecule has 0 amide bonds. The number of fused-ring (bicyclic) bond motifs is 1. The number of carbonyl (C=O) groups is 1. The Balaban J connectivity index is 2.33. The maximum absolute atomic E-state index is 11.7. The van der Waals surface area contributed by atoms with Crippen LogP contribution in [-0.4, -0.2) is 18.1 Å². The summed E-state index contributed by atoms with van der Waals surface area (Å²) < 4.78 is 5.42. The molecule has 3 heteroatoms. The van der Waals surface area contributed by atoms with Crippen molar-refractivity contribution in [1.29, 1.82) is 0 Å². The molecule has 0 saturated carbocycles. The van der Waals surface area contributed by atoms with E-state index in [1.54, 1.807) is 11.8 Å². The van der Waals surface area contributed by atoms with Crippen molar-refractivity contribution in [3.63, 3.8) is 0 Å². The van der Waals surface area contributed by atoms with Gasteiger partial charge in [-0.1, -0.05) is 0 Å². The van der Waals surface area contributed by atoms with Crippen molar-refractivity contribution in [2.75, 3.05) is 12.4 Å². The second kappa shape index (κ2) is 4.71. The molecule has 0 aromatic heterocycles. The van der Waals surface area contributed by atoms with Gasteiger partial charge in [-0.05, 0) is 37.3 Å². The first-order valence-corrected chi connectivity index (χ1v) is 6.22. The topological polar surface area (TPSA) is 26.3 Å². The summed E-state index contributed by atoms with van der Waals surface area (Å²) >= 11 is 1.75. The molecule has 80 valence electrons. The predicted octanol–water partition coefficient (Wildman–Crippen LogP) is 3.15. The van der Waals surface area contributed by atoms with Crippen LogP contribution in [0.25, 0.3) is 0 Å². The minimum atomic E-state index is 0.262. The third-order valence-corrected chi connectivity index (χ3v) is 3.51. The maximum atomic E-state index is 11.7. The molecule has 1 heterocycles. The van der Waals surface area contributed by atoms with Gasteiger partial charge in [0.05, 0.1) is 6.61 Å². The molecule has 15 heavy (non-hydrogen) atoms. The second-order valence-electron chi connectivity index (χ2n) is 3.47. The van der Waals surface area contributed by atoms with Gasteiger partial charge >= 0.3 is 0 Å². The molecule has 0 saturated heterocycles. The molecule has 0 atom stereocenters. The molecule has 2 rings (SSSR count). The van der Waals surface area contributed by atoms with Crippen LogP contribution in [0.3, 0.4) is 0 Å². The quantitative estimate of drug-likeness (QED) is 0.769. The minimum absolute atomic E-state index is 0.262. The average Bonchev–Trinajstić information content (AvgIpc) is 2.41. The molecule has 0 unspecified atom stereocenters. The van der Waals surface area contributed by atoms with Crippen molar-refractivity contribution in [1.82, 2.24) is 0 Å². The highest BCUT2D eigenvalue weighted by atomic mass is 32.2. The highest BCUT2D eigenvalue weighted by Gasteiger charge is 2.16. The van der Waals surface area contributed by atoms with Crippen LogP contribution in [0.2, 0.25) is 0 Å². The smallest absolute Gasteiger partial charge is 0.164 e. The predicted molar refractivity (Wildman–Crippen MR) is 61.9 cm³/mol. The molecule has 2 nitrogen and oxygen atoms in total. The number of ketones is 1. The average molecular weight is 222 g/mol. The molecular weight excluding hydrogens is 208 g/mol. The van der Waals surface area contributed by atoms with Gasteiger partial charge in [-0.25, -0.2) is 0 Å². The van der Waals surface area contributed by atoms with Crippen LogP contribution in [0.15, 0.2) is 23.1 Å². The molecule has 0 aliphatic carbocycles. The lowest BCUT2D eigenvalue weighted by molar-refractivity contribution is 0.0980. The fourth-order valence-corrected chi connectivity index (χ4v) is 2.70. The van der Waals surface area contributed by atoms with Crippen LogP contribution in [0.5, 0.6) is 5.75 Å². The number of hydrogen-bond donors (Lipinski definition) is 0. The van der Waals surface area contributed by atoms with Gasteiger partial charge < -0.3 is 4.74 Å². The molecule has 1 aliphatic heterocycles. The second-order valence-corrected chi connectivity index (χ2v) is 4.60. The van der Waals surface area contributed by atoms with E-state index in [0.717, 1.165) is 28.4 Å². The number of hydrogen-bond acceptors (Lipinski definition) is 3. The zero-order valence-electron chi connectivity index (χ0n) is 8.79. The number of carbonyl (C=O) groups excluding carboxylic acids is 1. The molecule has 0 fully saturated rings. The van der Waals surface area contributed by atoms with Gasteiger partial charge in [0.2, 0.25) is 0 Å². The summed E-state index contributed by atoms with van der Waals surface area (Å²) in [4.78, 5) is 12.8. The first-order chi connectivity index (χ1) is 7.31. The van der Waals surface area contributed by atoms with Crippen LogP contribution in [-0.2, 0) is 0 Å². The van der Waals surface area contributed by atoms with E-state index in [2.05, 4.69) is 0 Å². The van der Waals surface area contributed by atoms with Gasteiger partial charge in [0.15, 0.2) is 5.78 Å². The van der Waals surface area contributed by atoms with E-state index in [1.807, 2.05) is 25.1 Å². The van der Waals surface area contributed by atoms with Crippen molar-refractivity contribution in [2.24, 2.45) is 0 Å². The Labute approximate surface area is 94.0 Å². The van der Waals surface area contributed by atoms with E-state index in [9.17, 15) is 4.79 Å². The van der Waals surface area contributed by atoms with E-state index < -0.39 is 0 Å². The fourth-order valence-electron chi connectivity index (χ4n) is 1.66. The van der Waals surface area contributed by atoms with E-state index in [-0.39, 0.29) is 5.78 Å².